The van der Waals surface area contributed by atoms with Crippen LogP contribution in [0.3, 0.4) is 0 Å². The summed E-state index contributed by atoms with van der Waals surface area (Å²) >= 11 is 0. The minimum Gasteiger partial charge on any atom is -0.340 e. The van der Waals surface area contributed by atoms with Gasteiger partial charge < -0.3 is 9.47 Å². The summed E-state index contributed by atoms with van der Waals surface area (Å²) in [6.07, 6.45) is 8.50. The number of amides is 1. The van der Waals surface area contributed by atoms with Crippen LogP contribution in [0.25, 0.3) is 0 Å². The highest BCUT2D eigenvalue weighted by atomic mass is 16.2. The number of rotatable bonds is 4. The number of carbonyl (C=O) groups excluding carboxylic acids is 1. The molecule has 0 bridgehead atoms. The summed E-state index contributed by atoms with van der Waals surface area (Å²) in [7, 11) is 0. The molecule has 3 rings (SSSR count). The number of piperidine rings is 1. The molecule has 0 aliphatic carbocycles. The minimum absolute atomic E-state index is 0.176. The summed E-state index contributed by atoms with van der Waals surface area (Å²) in [5, 5.41) is 7.20. The van der Waals surface area contributed by atoms with Crippen LogP contribution in [0.15, 0.2) is 18.6 Å². The van der Waals surface area contributed by atoms with Gasteiger partial charge in [-0.05, 0) is 25.3 Å². The summed E-state index contributed by atoms with van der Waals surface area (Å²) in [6.45, 7) is 6.13. The van der Waals surface area contributed by atoms with Gasteiger partial charge >= 0.3 is 0 Å². The fourth-order valence-corrected chi connectivity index (χ4v) is 3.25. The molecule has 1 N–H and O–H groups in total. The van der Waals surface area contributed by atoms with Gasteiger partial charge in [0, 0.05) is 43.5 Å². The smallest absolute Gasteiger partial charge is 0.242 e. The number of aromatic nitrogens is 4. The van der Waals surface area contributed by atoms with Crippen LogP contribution in [0, 0.1) is 6.92 Å². The molecule has 1 atom stereocenters. The Bertz CT molecular complexity index is 645. The van der Waals surface area contributed by atoms with Gasteiger partial charge in [-0.15, -0.1) is 0 Å². The van der Waals surface area contributed by atoms with E-state index in [-0.39, 0.29) is 5.91 Å². The van der Waals surface area contributed by atoms with Gasteiger partial charge in [-0.25, -0.2) is 4.98 Å². The molecule has 1 amide bonds. The Morgan fingerprint density at radius 2 is 2.36 bits per heavy atom. The third kappa shape index (κ3) is 2.91. The van der Waals surface area contributed by atoms with E-state index in [9.17, 15) is 4.79 Å². The average Bonchev–Trinajstić information content (AvgIpc) is 3.16. The van der Waals surface area contributed by atoms with Gasteiger partial charge in [-0.2, -0.15) is 5.10 Å². The number of aromatic amines is 1. The molecule has 1 aliphatic rings. The highest BCUT2D eigenvalue weighted by Gasteiger charge is 2.26. The largest absolute Gasteiger partial charge is 0.340 e. The van der Waals surface area contributed by atoms with Crippen LogP contribution in [0.5, 0.6) is 0 Å². The summed E-state index contributed by atoms with van der Waals surface area (Å²) in [5.41, 5.74) is 2.36. The zero-order chi connectivity index (χ0) is 15.5. The molecule has 1 saturated heterocycles. The molecule has 1 aliphatic heterocycles. The predicted octanol–water partition coefficient (Wildman–Crippen LogP) is 1.88. The summed E-state index contributed by atoms with van der Waals surface area (Å²) in [5.74, 6) is 1.51. The van der Waals surface area contributed by atoms with E-state index in [1.807, 2.05) is 21.9 Å². The normalized spacial score (nSPS) is 18.6. The molecule has 0 radical (unpaired) electrons. The maximum Gasteiger partial charge on any atom is 0.242 e. The highest BCUT2D eigenvalue weighted by molar-refractivity contribution is 5.76. The van der Waals surface area contributed by atoms with E-state index in [1.54, 1.807) is 6.20 Å². The summed E-state index contributed by atoms with van der Waals surface area (Å²) in [6, 6.07) is 0. The van der Waals surface area contributed by atoms with E-state index in [4.69, 9.17) is 0 Å². The number of carbonyl (C=O) groups is 1. The third-order valence-electron chi connectivity index (χ3n) is 4.47. The van der Waals surface area contributed by atoms with Crippen molar-refractivity contribution < 1.29 is 4.79 Å². The molecule has 1 fully saturated rings. The molecule has 6 nitrogen and oxygen atoms in total. The van der Waals surface area contributed by atoms with E-state index in [1.165, 1.54) is 11.3 Å². The maximum absolute atomic E-state index is 12.6. The minimum atomic E-state index is 0.176. The van der Waals surface area contributed by atoms with Crippen LogP contribution in [-0.4, -0.2) is 43.6 Å². The number of aryl methyl sites for hydroxylation is 2. The van der Waals surface area contributed by atoms with Gasteiger partial charge in [0.1, 0.15) is 12.4 Å². The van der Waals surface area contributed by atoms with E-state index < -0.39 is 0 Å². The second-order valence-corrected chi connectivity index (χ2v) is 5.97. The monoisotopic (exact) mass is 301 g/mol. The second kappa shape index (κ2) is 6.34. The Morgan fingerprint density at radius 1 is 1.50 bits per heavy atom. The second-order valence-electron chi connectivity index (χ2n) is 5.97. The highest BCUT2D eigenvalue weighted by Crippen LogP contribution is 2.27. The van der Waals surface area contributed by atoms with Crippen molar-refractivity contribution >= 4 is 5.91 Å². The molecule has 0 saturated carbocycles. The van der Waals surface area contributed by atoms with Crippen LogP contribution in [0.4, 0.5) is 0 Å². The molecule has 1 unspecified atom stereocenters. The lowest BCUT2D eigenvalue weighted by Crippen LogP contribution is -2.41. The quantitative estimate of drug-likeness (QED) is 0.937. The first-order valence-corrected chi connectivity index (χ1v) is 7.96. The van der Waals surface area contributed by atoms with Crippen LogP contribution < -0.4 is 0 Å². The Balaban J connectivity index is 1.67. The lowest BCUT2D eigenvalue weighted by atomic mass is 9.93. The molecule has 118 valence electrons. The Hall–Kier alpha value is -2.11. The number of nitrogens with zero attached hydrogens (tertiary/aromatic N) is 4. The van der Waals surface area contributed by atoms with Gasteiger partial charge in [0.05, 0.1) is 6.20 Å². The van der Waals surface area contributed by atoms with Crippen molar-refractivity contribution in [2.24, 2.45) is 0 Å². The zero-order valence-corrected chi connectivity index (χ0v) is 13.2. The molecule has 0 aromatic carbocycles. The average molecular weight is 301 g/mol. The fraction of sp³-hybridized carbons (Fsp3) is 0.562. The van der Waals surface area contributed by atoms with E-state index >= 15 is 0 Å². The van der Waals surface area contributed by atoms with Crippen molar-refractivity contribution in [2.45, 2.75) is 45.6 Å². The van der Waals surface area contributed by atoms with Gasteiger partial charge in [0.15, 0.2) is 0 Å². The molecule has 0 spiro atoms. The summed E-state index contributed by atoms with van der Waals surface area (Å²) in [4.78, 5) is 18.8. The molecule has 22 heavy (non-hydrogen) atoms. The number of hydrogen-bond donors (Lipinski definition) is 1. The van der Waals surface area contributed by atoms with Crippen molar-refractivity contribution in [3.8, 4) is 0 Å². The molecule has 2 aromatic rings. The number of hydrogen-bond acceptors (Lipinski definition) is 3. The van der Waals surface area contributed by atoms with Crippen LogP contribution in [-0.2, 0) is 17.8 Å². The first-order valence-electron chi connectivity index (χ1n) is 7.96. The van der Waals surface area contributed by atoms with Crippen LogP contribution in [0.1, 0.15) is 42.8 Å². The van der Waals surface area contributed by atoms with E-state index in [0.717, 1.165) is 38.2 Å². The van der Waals surface area contributed by atoms with Gasteiger partial charge in [-0.1, -0.05) is 6.92 Å². The molecule has 2 aromatic heterocycles. The summed E-state index contributed by atoms with van der Waals surface area (Å²) < 4.78 is 1.95. The number of imidazole rings is 1. The molecular formula is C16H23N5O. The Kier molecular flexibility index (Phi) is 4.27. The molecule has 3 heterocycles. The van der Waals surface area contributed by atoms with Crippen LogP contribution in [0.2, 0.25) is 0 Å². The van der Waals surface area contributed by atoms with Gasteiger partial charge in [0.25, 0.3) is 0 Å². The number of nitrogens with one attached hydrogen (secondary N) is 1. The first-order chi connectivity index (χ1) is 10.7. The Labute approximate surface area is 130 Å². The van der Waals surface area contributed by atoms with Crippen molar-refractivity contribution in [2.75, 3.05) is 13.1 Å². The van der Waals surface area contributed by atoms with E-state index in [0.29, 0.717) is 12.5 Å². The maximum atomic E-state index is 12.6. The van der Waals surface area contributed by atoms with Crippen molar-refractivity contribution in [3.63, 3.8) is 0 Å². The standard InChI is InChI=1S/C16H23N5O/c1-3-14-17-6-8-20(14)11-15(22)21-7-4-5-13(10-21)16-12(2)9-18-19-16/h6,8-9,13H,3-5,7,10-11H2,1-2H3,(H,18,19). The van der Waals surface area contributed by atoms with Crippen molar-refractivity contribution in [3.05, 3.63) is 35.7 Å². The number of H-pyrrole nitrogens is 1. The van der Waals surface area contributed by atoms with Crippen LogP contribution >= 0.6 is 0 Å². The lowest BCUT2D eigenvalue weighted by Gasteiger charge is -2.32. The molecular weight excluding hydrogens is 278 g/mol. The van der Waals surface area contributed by atoms with E-state index in [2.05, 4.69) is 29.0 Å². The lowest BCUT2D eigenvalue weighted by molar-refractivity contribution is -0.133. The van der Waals surface area contributed by atoms with Crippen molar-refractivity contribution in [1.29, 1.82) is 0 Å². The van der Waals surface area contributed by atoms with Crippen molar-refractivity contribution in [1.82, 2.24) is 24.6 Å². The predicted molar refractivity (Wildman–Crippen MR) is 83.5 cm³/mol. The van der Waals surface area contributed by atoms with Gasteiger partial charge in [-0.3, -0.25) is 9.89 Å². The fourth-order valence-electron chi connectivity index (χ4n) is 3.25. The number of likely N-dealkylation sites (tertiary alicyclic amines) is 1. The Morgan fingerprint density at radius 3 is 3.09 bits per heavy atom. The SMILES string of the molecule is CCc1nccn1CC(=O)N1CCCC(c2[nH]ncc2C)C1. The van der Waals surface area contributed by atoms with Gasteiger partial charge in [0.2, 0.25) is 5.91 Å². The third-order valence-corrected chi connectivity index (χ3v) is 4.47. The molecule has 6 heteroatoms. The first kappa shape index (κ1) is 14.8. The zero-order valence-electron chi connectivity index (χ0n) is 13.2. The topological polar surface area (TPSA) is 66.8 Å².